The number of rotatable bonds is 3. The van der Waals surface area contributed by atoms with E-state index in [0.717, 1.165) is 22.1 Å². The Balaban J connectivity index is 1.77. The van der Waals surface area contributed by atoms with Crippen LogP contribution in [0.2, 0.25) is 0 Å². The molecule has 150 valence electrons. The van der Waals surface area contributed by atoms with Crippen molar-refractivity contribution in [2.75, 3.05) is 4.90 Å². The molecule has 0 aliphatic carbocycles. The zero-order chi connectivity index (χ0) is 21.4. The van der Waals surface area contributed by atoms with Gasteiger partial charge in [0.25, 0.3) is 11.8 Å². The summed E-state index contributed by atoms with van der Waals surface area (Å²) in [5.41, 5.74) is 2.67. The van der Waals surface area contributed by atoms with E-state index in [1.54, 1.807) is 30.5 Å². The number of nitrogens with one attached hydrogen (secondary N) is 1. The smallest absolute Gasteiger partial charge is 0.303 e. The van der Waals surface area contributed by atoms with E-state index in [1.165, 1.54) is 6.08 Å². The molecule has 7 nitrogen and oxygen atoms in total. The molecule has 2 aromatic heterocycles. The lowest BCUT2D eigenvalue weighted by molar-refractivity contribution is -0.122. The van der Waals surface area contributed by atoms with Gasteiger partial charge in [-0.1, -0.05) is 28.1 Å². The second kappa shape index (κ2) is 7.72. The molecule has 8 heteroatoms. The summed E-state index contributed by atoms with van der Waals surface area (Å²) in [5.74, 6) is -0.661. The molecule has 0 spiro atoms. The summed E-state index contributed by atoms with van der Waals surface area (Å²) in [4.78, 5) is 43.2. The molecule has 1 aliphatic rings. The van der Waals surface area contributed by atoms with E-state index in [0.29, 0.717) is 15.7 Å². The number of aryl methyl sites for hydroxylation is 1. The van der Waals surface area contributed by atoms with Gasteiger partial charge in [-0.15, -0.1) is 0 Å². The average Bonchev–Trinajstić information content (AvgIpc) is 2.99. The first-order chi connectivity index (χ1) is 14.4. The zero-order valence-corrected chi connectivity index (χ0v) is 17.8. The summed E-state index contributed by atoms with van der Waals surface area (Å²) in [6.07, 6.45) is 3.21. The van der Waals surface area contributed by atoms with Crippen molar-refractivity contribution in [1.82, 2.24) is 14.9 Å². The van der Waals surface area contributed by atoms with Crippen molar-refractivity contribution in [3.8, 4) is 5.82 Å². The lowest BCUT2D eigenvalue weighted by Crippen LogP contribution is -2.54. The second-order valence-corrected chi connectivity index (χ2v) is 7.70. The summed E-state index contributed by atoms with van der Waals surface area (Å²) in [7, 11) is 0. The third kappa shape index (κ3) is 3.46. The van der Waals surface area contributed by atoms with Crippen molar-refractivity contribution >= 4 is 45.5 Å². The van der Waals surface area contributed by atoms with E-state index in [-0.39, 0.29) is 5.57 Å². The van der Waals surface area contributed by atoms with Gasteiger partial charge in [-0.05, 0) is 61.9 Å². The molecule has 30 heavy (non-hydrogen) atoms. The number of pyridine rings is 1. The van der Waals surface area contributed by atoms with Gasteiger partial charge >= 0.3 is 6.03 Å². The molecule has 4 rings (SSSR count). The standard InChI is InChI=1S/C22H17BrN4O3/c1-13-10-15(14(2)26(13)19-8-3-4-9-24-19)11-18-20(28)25-22(30)27(21(18)29)17-7-5-6-16(23)12-17/h3-12H,1-2H3,(H,25,28,30)/b18-11+. The molecule has 3 heterocycles. The normalized spacial score (nSPS) is 15.6. The molecule has 0 unspecified atom stereocenters. The summed E-state index contributed by atoms with van der Waals surface area (Å²) < 4.78 is 2.65. The highest BCUT2D eigenvalue weighted by Gasteiger charge is 2.37. The third-order valence-electron chi connectivity index (χ3n) is 4.82. The molecule has 1 fully saturated rings. The fourth-order valence-corrected chi connectivity index (χ4v) is 3.82. The van der Waals surface area contributed by atoms with Crippen molar-refractivity contribution in [3.63, 3.8) is 0 Å². The maximum atomic E-state index is 13.1. The number of carbonyl (C=O) groups excluding carboxylic acids is 3. The number of nitrogens with zero attached hydrogens (tertiary/aromatic N) is 3. The first kappa shape index (κ1) is 19.8. The minimum atomic E-state index is -0.779. The number of amides is 4. The maximum absolute atomic E-state index is 13.1. The molecule has 0 atom stereocenters. The van der Waals surface area contributed by atoms with Crippen molar-refractivity contribution in [1.29, 1.82) is 0 Å². The van der Waals surface area contributed by atoms with Gasteiger partial charge in [-0.3, -0.25) is 14.9 Å². The van der Waals surface area contributed by atoms with Crippen LogP contribution in [0, 0.1) is 13.8 Å². The Kier molecular flexibility index (Phi) is 5.09. The van der Waals surface area contributed by atoms with Gasteiger partial charge in [0.2, 0.25) is 0 Å². The number of benzene rings is 1. The fraction of sp³-hybridized carbons (Fsp3) is 0.0909. The van der Waals surface area contributed by atoms with Gasteiger partial charge in [-0.25, -0.2) is 14.7 Å². The molecule has 1 aliphatic heterocycles. The number of barbiturate groups is 1. The fourth-order valence-electron chi connectivity index (χ4n) is 3.43. The van der Waals surface area contributed by atoms with E-state index in [1.807, 2.05) is 42.7 Å². The zero-order valence-electron chi connectivity index (χ0n) is 16.2. The number of imide groups is 2. The lowest BCUT2D eigenvalue weighted by Gasteiger charge is -2.26. The molecule has 4 amide bonds. The molecule has 1 N–H and O–H groups in total. The van der Waals surface area contributed by atoms with Crippen molar-refractivity contribution in [2.45, 2.75) is 13.8 Å². The van der Waals surface area contributed by atoms with Gasteiger partial charge in [-0.2, -0.15) is 0 Å². The van der Waals surface area contributed by atoms with Crippen LogP contribution in [0.15, 0.2) is 64.8 Å². The highest BCUT2D eigenvalue weighted by Crippen LogP contribution is 2.26. The number of halogens is 1. The average molecular weight is 465 g/mol. The number of urea groups is 1. The number of carbonyl (C=O) groups is 3. The van der Waals surface area contributed by atoms with E-state index in [9.17, 15) is 14.4 Å². The second-order valence-electron chi connectivity index (χ2n) is 6.79. The molecular weight excluding hydrogens is 448 g/mol. The third-order valence-corrected chi connectivity index (χ3v) is 5.31. The molecule has 0 saturated carbocycles. The summed E-state index contributed by atoms with van der Waals surface area (Å²) in [6, 6.07) is 13.4. The molecule has 3 aromatic rings. The highest BCUT2D eigenvalue weighted by atomic mass is 79.9. The highest BCUT2D eigenvalue weighted by molar-refractivity contribution is 9.10. The van der Waals surface area contributed by atoms with Crippen LogP contribution in [-0.2, 0) is 9.59 Å². The minimum absolute atomic E-state index is 0.115. The Labute approximate surface area is 181 Å². The van der Waals surface area contributed by atoms with Crippen LogP contribution in [0.5, 0.6) is 0 Å². The minimum Gasteiger partial charge on any atom is -0.303 e. The van der Waals surface area contributed by atoms with Crippen LogP contribution < -0.4 is 10.2 Å². The number of anilines is 1. The predicted molar refractivity (Wildman–Crippen MR) is 116 cm³/mol. The van der Waals surface area contributed by atoms with Crippen molar-refractivity contribution in [2.24, 2.45) is 0 Å². The maximum Gasteiger partial charge on any atom is 0.335 e. The first-order valence-electron chi connectivity index (χ1n) is 9.14. The first-order valence-corrected chi connectivity index (χ1v) is 9.93. The number of hydrogen-bond acceptors (Lipinski definition) is 4. The Morgan fingerprint density at radius 1 is 1.03 bits per heavy atom. The molecule has 0 radical (unpaired) electrons. The van der Waals surface area contributed by atoms with Gasteiger partial charge in [0.1, 0.15) is 11.4 Å². The summed E-state index contributed by atoms with van der Waals surface area (Å²) >= 11 is 3.33. The van der Waals surface area contributed by atoms with Crippen LogP contribution in [0.1, 0.15) is 17.0 Å². The van der Waals surface area contributed by atoms with Crippen LogP contribution in [0.4, 0.5) is 10.5 Å². The molecule has 1 saturated heterocycles. The van der Waals surface area contributed by atoms with Gasteiger partial charge < -0.3 is 4.57 Å². The van der Waals surface area contributed by atoms with Gasteiger partial charge in [0.05, 0.1) is 5.69 Å². The Morgan fingerprint density at radius 3 is 2.53 bits per heavy atom. The summed E-state index contributed by atoms with van der Waals surface area (Å²) in [6.45, 7) is 3.81. The largest absolute Gasteiger partial charge is 0.335 e. The number of aromatic nitrogens is 2. The van der Waals surface area contributed by atoms with E-state index in [2.05, 4.69) is 26.2 Å². The van der Waals surface area contributed by atoms with Crippen molar-refractivity contribution < 1.29 is 14.4 Å². The Hall–Kier alpha value is -3.52. The topological polar surface area (TPSA) is 84.3 Å². The molecule has 0 bridgehead atoms. The van der Waals surface area contributed by atoms with Crippen LogP contribution in [0.3, 0.4) is 0 Å². The van der Waals surface area contributed by atoms with E-state index >= 15 is 0 Å². The number of hydrogen-bond donors (Lipinski definition) is 1. The molecule has 1 aromatic carbocycles. The molecular formula is C22H17BrN4O3. The Bertz CT molecular complexity index is 1210. The van der Waals surface area contributed by atoms with Crippen LogP contribution in [-0.4, -0.2) is 27.4 Å². The van der Waals surface area contributed by atoms with Gasteiger partial charge in [0, 0.05) is 22.1 Å². The van der Waals surface area contributed by atoms with Crippen LogP contribution >= 0.6 is 15.9 Å². The SMILES string of the molecule is Cc1cc(/C=C2\C(=O)NC(=O)N(c3cccc(Br)c3)C2=O)c(C)n1-c1ccccn1. The quantitative estimate of drug-likeness (QED) is 0.470. The lowest BCUT2D eigenvalue weighted by atomic mass is 10.1. The Morgan fingerprint density at radius 2 is 1.83 bits per heavy atom. The predicted octanol–water partition coefficient (Wildman–Crippen LogP) is 3.92. The van der Waals surface area contributed by atoms with Crippen LogP contribution in [0.25, 0.3) is 11.9 Å². The van der Waals surface area contributed by atoms with Gasteiger partial charge in [0.15, 0.2) is 0 Å². The summed E-state index contributed by atoms with van der Waals surface area (Å²) in [5, 5.41) is 2.25. The van der Waals surface area contributed by atoms with Crippen molar-refractivity contribution in [3.05, 3.63) is 81.7 Å². The monoisotopic (exact) mass is 464 g/mol. The van der Waals surface area contributed by atoms with E-state index < -0.39 is 17.8 Å². The van der Waals surface area contributed by atoms with E-state index in [4.69, 9.17) is 0 Å².